The van der Waals surface area contributed by atoms with Crippen LogP contribution in [0.4, 0.5) is 13.6 Å². The van der Waals surface area contributed by atoms with Crippen LogP contribution < -0.4 is 0 Å². The molecule has 0 atom stereocenters. The molecule has 1 amide bonds. The van der Waals surface area contributed by atoms with Gasteiger partial charge in [0.05, 0.1) is 11.6 Å². The lowest BCUT2D eigenvalue weighted by atomic mass is 9.86. The van der Waals surface area contributed by atoms with Gasteiger partial charge in [-0.2, -0.15) is 5.26 Å². The molecule has 4 nitrogen and oxygen atoms in total. The summed E-state index contributed by atoms with van der Waals surface area (Å²) in [4.78, 5) is 13.5. The zero-order valence-electron chi connectivity index (χ0n) is 14.2. The molecule has 0 bridgehead atoms. The van der Waals surface area contributed by atoms with Crippen LogP contribution in [0.15, 0.2) is 18.2 Å². The highest BCUT2D eigenvalue weighted by atomic mass is 19.1. The first-order valence-electron chi connectivity index (χ1n) is 7.97. The minimum atomic E-state index is -1.56. The van der Waals surface area contributed by atoms with Crippen LogP contribution in [0, 0.1) is 17.1 Å². The molecule has 1 fully saturated rings. The first kappa shape index (κ1) is 18.2. The number of piperidine rings is 1. The average Bonchev–Trinajstić information content (AvgIpc) is 2.48. The van der Waals surface area contributed by atoms with E-state index in [2.05, 4.69) is 0 Å². The number of hydrogen-bond donors (Lipinski definition) is 0. The van der Waals surface area contributed by atoms with Crippen molar-refractivity contribution in [1.82, 2.24) is 4.90 Å². The Kier molecular flexibility index (Phi) is 5.12. The monoisotopic (exact) mass is 336 g/mol. The number of ether oxygens (including phenoxy) is 1. The van der Waals surface area contributed by atoms with Crippen LogP contribution in [-0.4, -0.2) is 35.4 Å². The maximum Gasteiger partial charge on any atom is 0.410 e. The molecular weight excluding hydrogens is 314 g/mol. The van der Waals surface area contributed by atoms with Crippen molar-refractivity contribution in [3.63, 3.8) is 0 Å². The number of nitrogens with zero attached hydrogens (tertiary/aromatic N) is 2. The van der Waals surface area contributed by atoms with E-state index in [0.717, 1.165) is 6.07 Å². The zero-order valence-corrected chi connectivity index (χ0v) is 14.2. The summed E-state index contributed by atoms with van der Waals surface area (Å²) in [5.74, 6) is -0.569. The van der Waals surface area contributed by atoms with E-state index in [9.17, 15) is 13.6 Å². The van der Waals surface area contributed by atoms with Crippen molar-refractivity contribution in [2.24, 2.45) is 0 Å². The number of alkyl halides is 1. The quantitative estimate of drug-likeness (QED) is 0.821. The zero-order chi connectivity index (χ0) is 18.0. The van der Waals surface area contributed by atoms with Crippen molar-refractivity contribution in [3.8, 4) is 6.07 Å². The Morgan fingerprint density at radius 2 is 2.00 bits per heavy atom. The number of benzene rings is 1. The summed E-state index contributed by atoms with van der Waals surface area (Å²) in [5, 5.41) is 8.75. The fourth-order valence-corrected chi connectivity index (χ4v) is 2.69. The van der Waals surface area contributed by atoms with Crippen LogP contribution in [0.1, 0.15) is 44.7 Å². The van der Waals surface area contributed by atoms with Crippen LogP contribution in [-0.2, 0) is 11.2 Å². The minimum absolute atomic E-state index is 0.0628. The van der Waals surface area contributed by atoms with Gasteiger partial charge in [-0.05, 0) is 51.3 Å². The third-order valence-corrected chi connectivity index (χ3v) is 4.00. The van der Waals surface area contributed by atoms with Gasteiger partial charge in [-0.15, -0.1) is 0 Å². The van der Waals surface area contributed by atoms with E-state index in [0.29, 0.717) is 0 Å². The molecule has 0 aromatic heterocycles. The first-order chi connectivity index (χ1) is 11.1. The van der Waals surface area contributed by atoms with Crippen molar-refractivity contribution in [3.05, 3.63) is 35.1 Å². The normalized spacial score (nSPS) is 17.2. The number of nitriles is 1. The van der Waals surface area contributed by atoms with Crippen LogP contribution in [0.5, 0.6) is 0 Å². The third-order valence-electron chi connectivity index (χ3n) is 4.00. The molecule has 1 aliphatic heterocycles. The third kappa shape index (κ3) is 4.67. The van der Waals surface area contributed by atoms with Crippen LogP contribution in [0.25, 0.3) is 0 Å². The molecule has 1 saturated heterocycles. The number of carbonyl (C=O) groups excluding carboxylic acids is 1. The molecule has 6 heteroatoms. The Balaban J connectivity index is 1.97. The van der Waals surface area contributed by atoms with Gasteiger partial charge in [0.15, 0.2) is 0 Å². The highest BCUT2D eigenvalue weighted by Gasteiger charge is 2.37. The van der Waals surface area contributed by atoms with E-state index < -0.39 is 23.2 Å². The Morgan fingerprint density at radius 3 is 2.50 bits per heavy atom. The summed E-state index contributed by atoms with van der Waals surface area (Å²) in [7, 11) is 0. The summed E-state index contributed by atoms with van der Waals surface area (Å²) in [6.45, 7) is 5.82. The van der Waals surface area contributed by atoms with Crippen molar-refractivity contribution in [2.75, 3.05) is 13.1 Å². The van der Waals surface area contributed by atoms with Gasteiger partial charge in [0.2, 0.25) is 0 Å². The maximum atomic E-state index is 15.0. The van der Waals surface area contributed by atoms with E-state index >= 15 is 0 Å². The minimum Gasteiger partial charge on any atom is -0.444 e. The molecule has 24 heavy (non-hydrogen) atoms. The van der Waals surface area contributed by atoms with Crippen LogP contribution in [0.3, 0.4) is 0 Å². The molecular formula is C18H22F2N2O2. The standard InChI is InChI=1S/C18H22F2N2O2/c1-17(2,3)24-16(23)22-8-6-18(20,7-9-22)11-14-5-4-13(12-21)10-15(14)19/h4-5,10H,6-9,11H2,1-3H3. The second-order valence-electron chi connectivity index (χ2n) is 7.21. The summed E-state index contributed by atoms with van der Waals surface area (Å²) in [6.07, 6.45) is -0.251. The molecule has 0 spiro atoms. The van der Waals surface area contributed by atoms with Gasteiger partial charge in [0, 0.05) is 19.5 Å². The van der Waals surface area contributed by atoms with E-state index in [4.69, 9.17) is 10.00 Å². The highest BCUT2D eigenvalue weighted by Crippen LogP contribution is 2.32. The van der Waals surface area contributed by atoms with Gasteiger partial charge < -0.3 is 9.64 Å². The molecule has 0 N–H and O–H groups in total. The lowest BCUT2D eigenvalue weighted by molar-refractivity contribution is 0.00323. The molecule has 0 unspecified atom stereocenters. The van der Waals surface area contributed by atoms with Crippen LogP contribution in [0.2, 0.25) is 0 Å². The predicted molar refractivity (Wildman–Crippen MR) is 85.7 cm³/mol. The van der Waals surface area contributed by atoms with Gasteiger partial charge in [-0.25, -0.2) is 13.6 Å². The first-order valence-corrected chi connectivity index (χ1v) is 7.97. The fourth-order valence-electron chi connectivity index (χ4n) is 2.69. The number of halogens is 2. The number of amides is 1. The second-order valence-corrected chi connectivity index (χ2v) is 7.21. The Bertz CT molecular complexity index is 654. The van der Waals surface area contributed by atoms with Crippen molar-refractivity contribution in [1.29, 1.82) is 5.26 Å². The maximum absolute atomic E-state index is 15.0. The van der Waals surface area contributed by atoms with E-state index in [-0.39, 0.29) is 43.5 Å². The van der Waals surface area contributed by atoms with Gasteiger partial charge in [0.25, 0.3) is 0 Å². The Morgan fingerprint density at radius 1 is 1.38 bits per heavy atom. The van der Waals surface area contributed by atoms with Crippen molar-refractivity contribution in [2.45, 2.75) is 51.3 Å². The molecule has 130 valence electrons. The Labute approximate surface area is 141 Å². The number of likely N-dealkylation sites (tertiary alicyclic amines) is 1. The van der Waals surface area contributed by atoms with Gasteiger partial charge in [-0.3, -0.25) is 0 Å². The largest absolute Gasteiger partial charge is 0.444 e. The van der Waals surface area contributed by atoms with E-state index in [1.807, 2.05) is 6.07 Å². The average molecular weight is 336 g/mol. The molecule has 0 saturated carbocycles. The lowest BCUT2D eigenvalue weighted by Crippen LogP contribution is -2.47. The van der Waals surface area contributed by atoms with E-state index in [1.165, 1.54) is 17.0 Å². The second kappa shape index (κ2) is 6.76. The van der Waals surface area contributed by atoms with Gasteiger partial charge in [0.1, 0.15) is 17.1 Å². The highest BCUT2D eigenvalue weighted by molar-refractivity contribution is 5.68. The van der Waals surface area contributed by atoms with Crippen molar-refractivity contribution >= 4 is 6.09 Å². The van der Waals surface area contributed by atoms with Gasteiger partial charge in [-0.1, -0.05) is 6.07 Å². The van der Waals surface area contributed by atoms with Crippen LogP contribution >= 0.6 is 0 Å². The number of hydrogen-bond acceptors (Lipinski definition) is 3. The molecule has 1 aromatic carbocycles. The van der Waals surface area contributed by atoms with Gasteiger partial charge >= 0.3 is 6.09 Å². The fraction of sp³-hybridized carbons (Fsp3) is 0.556. The topological polar surface area (TPSA) is 53.3 Å². The number of rotatable bonds is 2. The molecule has 0 aliphatic carbocycles. The number of carbonyl (C=O) groups is 1. The molecule has 1 aliphatic rings. The molecule has 2 rings (SSSR count). The SMILES string of the molecule is CC(C)(C)OC(=O)N1CCC(F)(Cc2ccc(C#N)cc2F)CC1. The molecule has 1 aromatic rings. The van der Waals surface area contributed by atoms with E-state index in [1.54, 1.807) is 20.8 Å². The molecule has 0 radical (unpaired) electrons. The summed E-state index contributed by atoms with van der Waals surface area (Å²) in [5.41, 5.74) is -1.69. The Hall–Kier alpha value is -2.16. The summed E-state index contributed by atoms with van der Waals surface area (Å²) >= 11 is 0. The smallest absolute Gasteiger partial charge is 0.410 e. The summed E-state index contributed by atoms with van der Waals surface area (Å²) < 4.78 is 34.2. The predicted octanol–water partition coefficient (Wildman–Crippen LogP) is 3.98. The summed E-state index contributed by atoms with van der Waals surface area (Å²) in [6, 6.07) is 5.91. The lowest BCUT2D eigenvalue weighted by Gasteiger charge is -2.37. The van der Waals surface area contributed by atoms with Crippen molar-refractivity contribution < 1.29 is 18.3 Å². The molecule has 1 heterocycles.